The molecule has 36 heavy (non-hydrogen) atoms. The molecule has 0 radical (unpaired) electrons. The van der Waals surface area contributed by atoms with Crippen molar-refractivity contribution in [3.05, 3.63) is 154 Å². The summed E-state index contributed by atoms with van der Waals surface area (Å²) >= 11 is 3.59. The van der Waals surface area contributed by atoms with Crippen molar-refractivity contribution in [2.24, 2.45) is 0 Å². The lowest BCUT2D eigenvalue weighted by molar-refractivity contribution is 0.0997. The number of anilines is 2. The number of hydrogen-bond acceptors (Lipinski definition) is 2. The molecule has 0 aromatic heterocycles. The van der Waals surface area contributed by atoms with E-state index in [1.165, 1.54) is 0 Å². The summed E-state index contributed by atoms with van der Waals surface area (Å²) in [7, 11) is 0. The highest BCUT2D eigenvalue weighted by Gasteiger charge is 2.51. The van der Waals surface area contributed by atoms with Gasteiger partial charge in [-0.2, -0.15) is 0 Å². The average Bonchev–Trinajstić information content (AvgIpc) is 2.93. The minimum Gasteiger partial charge on any atom is -0.457 e. The van der Waals surface area contributed by atoms with Gasteiger partial charge in [0.05, 0.1) is 22.4 Å². The molecule has 0 N–H and O–H groups in total. The minimum absolute atomic E-state index is 0.0779. The molecule has 1 amide bonds. The molecule has 2 heterocycles. The van der Waals surface area contributed by atoms with Crippen molar-refractivity contribution in [3.8, 4) is 11.5 Å². The first kappa shape index (κ1) is 21.2. The normalized spacial score (nSPS) is 14.2. The number of halogens is 1. The summed E-state index contributed by atoms with van der Waals surface area (Å²) in [6, 6.07) is 40.5. The predicted octanol–water partition coefficient (Wildman–Crippen LogP) is 8.23. The Bertz CT molecular complexity index is 1580. The summed E-state index contributed by atoms with van der Waals surface area (Å²) in [5.41, 5.74) is 5.94. The van der Waals surface area contributed by atoms with Gasteiger partial charge in [-0.3, -0.25) is 9.69 Å². The van der Waals surface area contributed by atoms with E-state index in [1.54, 1.807) is 0 Å². The van der Waals surface area contributed by atoms with E-state index in [4.69, 9.17) is 4.74 Å². The number of benzene rings is 5. The third kappa shape index (κ3) is 2.76. The summed E-state index contributed by atoms with van der Waals surface area (Å²) in [4.78, 5) is 16.0. The summed E-state index contributed by atoms with van der Waals surface area (Å²) in [6.45, 7) is 0. The lowest BCUT2D eigenvalue weighted by atomic mass is 9.61. The first-order valence-corrected chi connectivity index (χ1v) is 12.7. The second kappa shape index (κ2) is 7.94. The number of carbonyl (C=O) groups is 1. The maximum atomic E-state index is 14.2. The molecule has 3 nitrogen and oxygen atoms in total. The van der Waals surface area contributed by atoms with Gasteiger partial charge in [0.15, 0.2) is 0 Å². The molecule has 172 valence electrons. The molecule has 4 heteroatoms. The Morgan fingerprint density at radius 2 is 1.03 bits per heavy atom. The maximum Gasteiger partial charge on any atom is 0.263 e. The van der Waals surface area contributed by atoms with Gasteiger partial charge < -0.3 is 4.74 Å². The molecule has 0 unspecified atom stereocenters. The highest BCUT2D eigenvalue weighted by Crippen LogP contribution is 2.61. The molecule has 0 saturated carbocycles. The third-order valence-corrected chi connectivity index (χ3v) is 7.90. The minimum atomic E-state index is -0.636. The van der Waals surface area contributed by atoms with Gasteiger partial charge in [-0.15, -0.1) is 0 Å². The summed E-state index contributed by atoms with van der Waals surface area (Å²) in [5.74, 6) is 1.57. The number of amides is 1. The van der Waals surface area contributed by atoms with E-state index < -0.39 is 5.41 Å². The second-order valence-electron chi connectivity index (χ2n) is 9.00. The Balaban J connectivity index is 1.61. The molecular formula is C32H20BrNO2. The number of fused-ring (bicyclic) bond motifs is 8. The largest absolute Gasteiger partial charge is 0.457 e. The van der Waals surface area contributed by atoms with Gasteiger partial charge in [0.1, 0.15) is 11.5 Å². The molecule has 5 aromatic carbocycles. The molecule has 0 aliphatic carbocycles. The van der Waals surface area contributed by atoms with Crippen molar-refractivity contribution >= 4 is 33.2 Å². The Morgan fingerprint density at radius 1 is 0.583 bits per heavy atom. The van der Waals surface area contributed by atoms with Crippen molar-refractivity contribution in [3.63, 3.8) is 0 Å². The van der Waals surface area contributed by atoms with Crippen molar-refractivity contribution in [2.75, 3.05) is 4.90 Å². The van der Waals surface area contributed by atoms with Crippen LogP contribution in [0.5, 0.6) is 11.5 Å². The Morgan fingerprint density at radius 3 is 1.58 bits per heavy atom. The summed E-state index contributed by atoms with van der Waals surface area (Å²) < 4.78 is 7.18. The molecular weight excluding hydrogens is 510 g/mol. The van der Waals surface area contributed by atoms with Crippen LogP contribution in [0.25, 0.3) is 0 Å². The van der Waals surface area contributed by atoms with E-state index in [0.29, 0.717) is 5.56 Å². The van der Waals surface area contributed by atoms with Gasteiger partial charge in [-0.1, -0.05) is 84.9 Å². The second-order valence-corrected chi connectivity index (χ2v) is 9.85. The van der Waals surface area contributed by atoms with E-state index in [9.17, 15) is 4.79 Å². The van der Waals surface area contributed by atoms with Crippen molar-refractivity contribution < 1.29 is 9.53 Å². The molecule has 0 saturated heterocycles. The highest BCUT2D eigenvalue weighted by molar-refractivity contribution is 9.10. The van der Waals surface area contributed by atoms with Crippen molar-refractivity contribution in [2.45, 2.75) is 5.41 Å². The summed E-state index contributed by atoms with van der Waals surface area (Å²) in [6.07, 6.45) is 0. The van der Waals surface area contributed by atoms with Gasteiger partial charge in [0, 0.05) is 15.6 Å². The van der Waals surface area contributed by atoms with Gasteiger partial charge in [-0.25, -0.2) is 0 Å². The Hall–Kier alpha value is -4.15. The zero-order chi connectivity index (χ0) is 24.3. The Labute approximate surface area is 217 Å². The number of carbonyl (C=O) groups excluding carboxylic acids is 1. The first-order valence-electron chi connectivity index (χ1n) is 11.9. The molecule has 7 rings (SSSR count). The van der Waals surface area contributed by atoms with Crippen LogP contribution in [0.4, 0.5) is 11.4 Å². The van der Waals surface area contributed by atoms with Gasteiger partial charge in [-0.05, 0) is 63.5 Å². The van der Waals surface area contributed by atoms with Gasteiger partial charge >= 0.3 is 0 Å². The van der Waals surface area contributed by atoms with Crippen LogP contribution in [0, 0.1) is 0 Å². The molecule has 0 bridgehead atoms. The lowest BCUT2D eigenvalue weighted by Gasteiger charge is -2.48. The fraction of sp³-hybridized carbons (Fsp3) is 0.0312. The van der Waals surface area contributed by atoms with Crippen LogP contribution in [-0.4, -0.2) is 5.91 Å². The molecule has 1 spiro atoms. The van der Waals surface area contributed by atoms with E-state index in [1.807, 2.05) is 77.7 Å². The molecule has 2 aliphatic rings. The van der Waals surface area contributed by atoms with Crippen LogP contribution in [0.3, 0.4) is 0 Å². The van der Waals surface area contributed by atoms with Crippen LogP contribution >= 0.6 is 15.9 Å². The fourth-order valence-electron chi connectivity index (χ4n) is 5.79. The number of nitrogens with zero attached hydrogens (tertiary/aromatic N) is 1. The fourth-order valence-corrected chi connectivity index (χ4v) is 6.25. The number of para-hydroxylation sites is 4. The average molecular weight is 530 g/mol. The van der Waals surface area contributed by atoms with Crippen molar-refractivity contribution in [1.29, 1.82) is 0 Å². The van der Waals surface area contributed by atoms with Gasteiger partial charge in [0.2, 0.25) is 0 Å². The smallest absolute Gasteiger partial charge is 0.263 e. The van der Waals surface area contributed by atoms with Crippen LogP contribution in [-0.2, 0) is 5.41 Å². The maximum absolute atomic E-state index is 14.2. The van der Waals surface area contributed by atoms with Gasteiger partial charge in [0.25, 0.3) is 5.91 Å². The van der Waals surface area contributed by atoms with Crippen LogP contribution in [0.1, 0.15) is 32.6 Å². The van der Waals surface area contributed by atoms with Crippen LogP contribution in [0.15, 0.2) is 126 Å². The number of rotatable bonds is 1. The lowest BCUT2D eigenvalue weighted by Crippen LogP contribution is -2.42. The standard InChI is InChI=1S/C32H20BrNO2/c33-26-16-6-1-11-21(26)31(35)34-27-17-7-2-12-22(27)32(23-13-3-8-18-28(23)34)24-14-4-9-19-29(24)36-30-20-10-5-15-25(30)32/h1-20H. The van der Waals surface area contributed by atoms with E-state index >= 15 is 0 Å². The van der Waals surface area contributed by atoms with E-state index in [-0.39, 0.29) is 5.91 Å². The Kier molecular flexibility index (Phi) is 4.66. The molecule has 2 aliphatic heterocycles. The zero-order valence-corrected chi connectivity index (χ0v) is 20.8. The first-order chi connectivity index (χ1) is 17.7. The molecule has 5 aromatic rings. The third-order valence-electron chi connectivity index (χ3n) is 7.21. The monoisotopic (exact) mass is 529 g/mol. The van der Waals surface area contributed by atoms with E-state index in [0.717, 1.165) is 49.6 Å². The number of ether oxygens (including phenoxy) is 1. The molecule has 0 fully saturated rings. The molecule has 0 atom stereocenters. The highest BCUT2D eigenvalue weighted by atomic mass is 79.9. The predicted molar refractivity (Wildman–Crippen MR) is 145 cm³/mol. The topological polar surface area (TPSA) is 29.5 Å². The van der Waals surface area contributed by atoms with Crippen LogP contribution in [0.2, 0.25) is 0 Å². The van der Waals surface area contributed by atoms with Crippen molar-refractivity contribution in [1.82, 2.24) is 0 Å². The van der Waals surface area contributed by atoms with Crippen LogP contribution < -0.4 is 9.64 Å². The van der Waals surface area contributed by atoms with E-state index in [2.05, 4.69) is 64.5 Å². The number of hydrogen-bond donors (Lipinski definition) is 0. The zero-order valence-electron chi connectivity index (χ0n) is 19.2. The SMILES string of the molecule is O=C(c1ccccc1Br)N1c2ccccc2C2(c3ccccc3Oc3ccccc32)c2ccccc21. The quantitative estimate of drug-likeness (QED) is 0.214. The summed E-state index contributed by atoms with van der Waals surface area (Å²) in [5, 5.41) is 0.